The number of hydrogen-bond acceptors (Lipinski definition) is 14. The number of aryl methyl sites for hydroxylation is 1. The highest BCUT2D eigenvalue weighted by molar-refractivity contribution is 9.11. The maximum atomic E-state index is 12.6. The SMILES string of the molecule is COc1cc(C)ccc1-c1ccc2ncn(CC3(O)COC3)c2c1.O=[N+]([O-])c1ccc(Br)cc1F.O=[N+]([O-])c1ccc(Br)cc1NCC1(O)COC1.OC1(Cn2cnc3ccc(Br)cc32)COC1. The molecule has 68 heavy (non-hydrogen) atoms. The third-order valence-electron chi connectivity index (χ3n) is 10.9. The monoisotopic (exact) mass is 1130 g/mol. The van der Waals surface area contributed by atoms with E-state index in [-0.39, 0.29) is 25.4 Å². The standard InChI is InChI=1S/C19H20N2O3.C11H11BrN2O2.C10H11BrN2O4.C6H3BrFNO2/c1-13-3-5-15(18(7-13)23-2)14-4-6-16-17(8-14)21(12-20-16)9-19(22)10-24-11-19;12-8-1-2-9-10(3-8)14(7-13-9)4-11(15)5-16-6-11;11-7-1-2-9(13(15)16)8(3-7)12-4-10(14)5-17-6-10;7-4-1-2-6(9(10)11)5(8)3-4/h3-8,12,22H,9-11H2,1-2H3;1-3,7,15H,4-6H2;1-3,12,14H,4-6H2;1-3H. The predicted octanol–water partition coefficient (Wildman–Crippen LogP) is 8.37. The van der Waals surface area contributed by atoms with Crippen LogP contribution in [-0.2, 0) is 27.3 Å². The minimum absolute atomic E-state index is 0.0166. The van der Waals surface area contributed by atoms with Gasteiger partial charge in [-0.25, -0.2) is 9.97 Å². The van der Waals surface area contributed by atoms with Crippen molar-refractivity contribution in [3.05, 3.63) is 149 Å². The minimum Gasteiger partial charge on any atom is -0.496 e. The molecule has 5 aromatic carbocycles. The van der Waals surface area contributed by atoms with Gasteiger partial charge < -0.3 is 48.7 Å². The Morgan fingerprint density at radius 2 is 1.19 bits per heavy atom. The van der Waals surface area contributed by atoms with E-state index in [2.05, 4.69) is 81.3 Å². The lowest BCUT2D eigenvalue weighted by Gasteiger charge is -2.36. The van der Waals surface area contributed by atoms with E-state index in [4.69, 9.17) is 18.9 Å². The number of rotatable bonds is 11. The molecule has 22 heteroatoms. The van der Waals surface area contributed by atoms with E-state index < -0.39 is 38.2 Å². The first-order valence-electron chi connectivity index (χ1n) is 20.7. The molecule has 0 bridgehead atoms. The molecule has 3 fully saturated rings. The molecule has 0 atom stereocenters. The first-order chi connectivity index (χ1) is 32.3. The first-order valence-corrected chi connectivity index (χ1v) is 23.1. The van der Waals surface area contributed by atoms with Crippen molar-refractivity contribution in [2.24, 2.45) is 0 Å². The summed E-state index contributed by atoms with van der Waals surface area (Å²) in [6, 6.07) is 26.5. The van der Waals surface area contributed by atoms with E-state index in [0.717, 1.165) is 65.6 Å². The highest BCUT2D eigenvalue weighted by atomic mass is 79.9. The van der Waals surface area contributed by atoms with Crippen LogP contribution in [0.1, 0.15) is 5.56 Å². The van der Waals surface area contributed by atoms with Crippen LogP contribution in [0.5, 0.6) is 5.75 Å². The summed E-state index contributed by atoms with van der Waals surface area (Å²) in [5.74, 6) is 0.0239. The largest absolute Gasteiger partial charge is 0.496 e. The summed E-state index contributed by atoms with van der Waals surface area (Å²) in [4.78, 5) is 28.4. The number of ether oxygens (including phenoxy) is 4. The zero-order valence-corrected chi connectivity index (χ0v) is 41.2. The fourth-order valence-electron chi connectivity index (χ4n) is 7.17. The number of nitrogens with one attached hydrogen (secondary N) is 1. The van der Waals surface area contributed by atoms with Gasteiger partial charge in [-0.15, -0.1) is 0 Å². The van der Waals surface area contributed by atoms with Gasteiger partial charge in [-0.1, -0.05) is 66.0 Å². The number of methoxy groups -OCH3 is 1. The van der Waals surface area contributed by atoms with Crippen molar-refractivity contribution in [1.82, 2.24) is 19.1 Å². The summed E-state index contributed by atoms with van der Waals surface area (Å²) in [6.45, 7) is 5.34. The van der Waals surface area contributed by atoms with Crippen LogP contribution >= 0.6 is 47.8 Å². The fraction of sp³-hybridized carbons (Fsp3) is 0.304. The quantitative estimate of drug-likeness (QED) is 0.0705. The molecule has 3 aliphatic rings. The van der Waals surface area contributed by atoms with Gasteiger partial charge in [-0.2, -0.15) is 4.39 Å². The van der Waals surface area contributed by atoms with Gasteiger partial charge in [-0.3, -0.25) is 20.2 Å². The number of nitro groups is 2. The summed E-state index contributed by atoms with van der Waals surface area (Å²) < 4.78 is 39.4. The van der Waals surface area contributed by atoms with Gasteiger partial charge in [-0.05, 0) is 78.7 Å². The van der Waals surface area contributed by atoms with Gasteiger partial charge in [0.05, 0.1) is 104 Å². The normalized spacial score (nSPS) is 16.0. The molecule has 5 heterocycles. The van der Waals surface area contributed by atoms with Gasteiger partial charge in [0.25, 0.3) is 5.69 Å². The number of aromatic nitrogens is 4. The Kier molecular flexibility index (Phi) is 15.9. The average molecular weight is 1130 g/mol. The molecular formula is C46H45Br3FN7O11. The third kappa shape index (κ3) is 12.4. The molecule has 18 nitrogen and oxygen atoms in total. The molecule has 0 aliphatic carbocycles. The van der Waals surface area contributed by atoms with Crippen LogP contribution in [0.15, 0.2) is 117 Å². The number of halogens is 4. The van der Waals surface area contributed by atoms with Crippen molar-refractivity contribution in [2.45, 2.75) is 36.8 Å². The number of aliphatic hydroxyl groups is 3. The summed E-state index contributed by atoms with van der Waals surface area (Å²) in [5.41, 5.74) is 4.56. The lowest BCUT2D eigenvalue weighted by Crippen LogP contribution is -2.54. The third-order valence-corrected chi connectivity index (χ3v) is 12.4. The molecule has 3 saturated heterocycles. The van der Waals surface area contributed by atoms with Crippen LogP contribution in [0.2, 0.25) is 0 Å². The van der Waals surface area contributed by atoms with Gasteiger partial charge >= 0.3 is 5.69 Å². The molecule has 358 valence electrons. The molecule has 7 aromatic rings. The number of imidazole rings is 2. The van der Waals surface area contributed by atoms with Crippen molar-refractivity contribution in [3.63, 3.8) is 0 Å². The van der Waals surface area contributed by atoms with E-state index in [1.807, 2.05) is 52.5 Å². The van der Waals surface area contributed by atoms with Gasteiger partial charge in [0.1, 0.15) is 28.2 Å². The molecule has 2 aromatic heterocycles. The molecule has 3 aliphatic heterocycles. The van der Waals surface area contributed by atoms with Crippen LogP contribution in [-0.4, -0.2) is 114 Å². The lowest BCUT2D eigenvalue weighted by molar-refractivity contribution is -0.387. The molecule has 10 rings (SSSR count). The molecule has 0 radical (unpaired) electrons. The van der Waals surface area contributed by atoms with Crippen LogP contribution in [0.25, 0.3) is 33.2 Å². The van der Waals surface area contributed by atoms with Crippen molar-refractivity contribution in [2.75, 3.05) is 58.6 Å². The average Bonchev–Trinajstić information content (AvgIpc) is 3.86. The zero-order chi connectivity index (χ0) is 48.8. The second-order valence-electron chi connectivity index (χ2n) is 16.6. The number of fused-ring (bicyclic) bond motifs is 2. The predicted molar refractivity (Wildman–Crippen MR) is 261 cm³/mol. The van der Waals surface area contributed by atoms with E-state index in [1.165, 1.54) is 12.1 Å². The van der Waals surface area contributed by atoms with Crippen molar-refractivity contribution < 1.29 is 48.5 Å². The van der Waals surface area contributed by atoms with Crippen LogP contribution < -0.4 is 10.1 Å². The summed E-state index contributed by atoms with van der Waals surface area (Å²) in [5, 5.41) is 53.9. The Hall–Kier alpha value is -5.43. The zero-order valence-electron chi connectivity index (χ0n) is 36.5. The van der Waals surface area contributed by atoms with E-state index in [9.17, 15) is 39.9 Å². The second-order valence-corrected chi connectivity index (χ2v) is 19.3. The highest BCUT2D eigenvalue weighted by Crippen LogP contribution is 2.34. The van der Waals surface area contributed by atoms with E-state index in [1.54, 1.807) is 31.9 Å². The van der Waals surface area contributed by atoms with E-state index >= 15 is 0 Å². The van der Waals surface area contributed by atoms with Gasteiger partial charge in [0, 0.05) is 37.7 Å². The molecule has 0 amide bonds. The minimum atomic E-state index is -0.920. The fourth-order valence-corrected chi connectivity index (χ4v) is 8.22. The maximum absolute atomic E-state index is 12.6. The number of hydrogen-bond donors (Lipinski definition) is 4. The number of nitro benzene ring substituents is 2. The molecule has 0 unspecified atom stereocenters. The maximum Gasteiger partial charge on any atom is 0.304 e. The number of anilines is 1. The Labute approximate surface area is 413 Å². The Bertz CT molecular complexity index is 2940. The van der Waals surface area contributed by atoms with Gasteiger partial charge in [0.2, 0.25) is 5.82 Å². The lowest BCUT2D eigenvalue weighted by atomic mass is 10.0. The molecular weight excluding hydrogens is 1090 g/mol. The van der Waals surface area contributed by atoms with Crippen molar-refractivity contribution in [3.8, 4) is 16.9 Å². The van der Waals surface area contributed by atoms with Crippen molar-refractivity contribution in [1.29, 1.82) is 0 Å². The second kappa shape index (κ2) is 21.5. The number of nitrogens with zero attached hydrogens (tertiary/aromatic N) is 6. The Morgan fingerprint density at radius 3 is 1.71 bits per heavy atom. The van der Waals surface area contributed by atoms with Crippen LogP contribution in [0.4, 0.5) is 21.5 Å². The van der Waals surface area contributed by atoms with Crippen molar-refractivity contribution >= 4 is 86.9 Å². The van der Waals surface area contributed by atoms with E-state index in [0.29, 0.717) is 49.7 Å². The summed E-state index contributed by atoms with van der Waals surface area (Å²) >= 11 is 9.66. The summed E-state index contributed by atoms with van der Waals surface area (Å²) in [6.07, 6.45) is 3.53. The Balaban J connectivity index is 0.000000139. The topological polar surface area (TPSA) is 232 Å². The number of benzene rings is 5. The molecule has 0 spiro atoms. The summed E-state index contributed by atoms with van der Waals surface area (Å²) in [7, 11) is 1.69. The smallest absolute Gasteiger partial charge is 0.304 e. The van der Waals surface area contributed by atoms with Gasteiger partial charge in [0.15, 0.2) is 0 Å². The molecule has 0 saturated carbocycles. The highest BCUT2D eigenvalue weighted by Gasteiger charge is 2.38. The van der Waals surface area contributed by atoms with Crippen LogP contribution in [0.3, 0.4) is 0 Å². The Morgan fingerprint density at radius 1 is 0.691 bits per heavy atom. The van der Waals surface area contributed by atoms with Crippen LogP contribution in [0, 0.1) is 33.0 Å². The first kappa shape index (κ1) is 50.4. The molecule has 4 N–H and O–H groups in total.